The van der Waals surface area contributed by atoms with Crippen LogP contribution in [0.25, 0.3) is 0 Å². The molecule has 0 radical (unpaired) electrons. The normalized spacial score (nSPS) is 17.6. The van der Waals surface area contributed by atoms with Crippen LogP contribution in [0.15, 0.2) is 0 Å². The van der Waals surface area contributed by atoms with Crippen LogP contribution in [0.5, 0.6) is 0 Å². The maximum Gasteiger partial charge on any atom is 0.319 e. The first-order chi connectivity index (χ1) is 10.5. The molecule has 1 unspecified atom stereocenters. The largest absolute Gasteiger partial charge is 0.341 e. The van der Waals surface area contributed by atoms with E-state index in [0.29, 0.717) is 19.5 Å². The van der Waals surface area contributed by atoms with Gasteiger partial charge in [-0.25, -0.2) is 4.79 Å². The lowest BCUT2D eigenvalue weighted by atomic mass is 10.2. The van der Waals surface area contributed by atoms with Crippen molar-refractivity contribution in [3.8, 4) is 0 Å². The second kappa shape index (κ2) is 6.81. The molecule has 1 aromatic heterocycles. The minimum Gasteiger partial charge on any atom is -0.341 e. The third kappa shape index (κ3) is 3.40. The lowest BCUT2D eigenvalue weighted by molar-refractivity contribution is -0.129. The number of rotatable bonds is 4. The van der Waals surface area contributed by atoms with Crippen LogP contribution in [0.2, 0.25) is 0 Å². The van der Waals surface area contributed by atoms with E-state index in [0.717, 1.165) is 30.0 Å². The number of hydrogen-bond acceptors (Lipinski definition) is 3. The van der Waals surface area contributed by atoms with Gasteiger partial charge in [0.1, 0.15) is 0 Å². The van der Waals surface area contributed by atoms with Crippen LogP contribution in [0.1, 0.15) is 38.1 Å². The Morgan fingerprint density at radius 3 is 2.64 bits per heavy atom. The van der Waals surface area contributed by atoms with E-state index >= 15 is 0 Å². The summed E-state index contributed by atoms with van der Waals surface area (Å²) in [7, 11) is 0. The van der Waals surface area contributed by atoms with Gasteiger partial charge in [0.2, 0.25) is 5.91 Å². The summed E-state index contributed by atoms with van der Waals surface area (Å²) in [4.78, 5) is 25.6. The first-order valence-corrected chi connectivity index (χ1v) is 7.85. The molecule has 0 spiro atoms. The van der Waals surface area contributed by atoms with Crippen molar-refractivity contribution < 1.29 is 9.59 Å². The number of aromatic nitrogens is 2. The van der Waals surface area contributed by atoms with Crippen LogP contribution in [0, 0.1) is 13.8 Å². The van der Waals surface area contributed by atoms with Gasteiger partial charge in [-0.1, -0.05) is 6.92 Å². The molecule has 2 rings (SSSR count). The SMILES string of the molecule is CCC(=O)N1CCC(NC(=O)Nc2c(C)nn(CC)c2C)C1. The fraction of sp³-hybridized carbons (Fsp3) is 0.667. The van der Waals surface area contributed by atoms with Gasteiger partial charge in [0, 0.05) is 32.1 Å². The van der Waals surface area contributed by atoms with Gasteiger partial charge in [-0.15, -0.1) is 0 Å². The highest BCUT2D eigenvalue weighted by Crippen LogP contribution is 2.19. The molecule has 7 heteroatoms. The maximum atomic E-state index is 12.2. The molecule has 0 bridgehead atoms. The number of carbonyl (C=O) groups excluding carboxylic acids is 2. The quantitative estimate of drug-likeness (QED) is 0.887. The van der Waals surface area contributed by atoms with E-state index < -0.39 is 0 Å². The average molecular weight is 307 g/mol. The maximum absolute atomic E-state index is 12.2. The van der Waals surface area contributed by atoms with Gasteiger partial charge in [0.15, 0.2) is 0 Å². The van der Waals surface area contributed by atoms with Gasteiger partial charge >= 0.3 is 6.03 Å². The summed E-state index contributed by atoms with van der Waals surface area (Å²) in [6.07, 6.45) is 1.30. The second-order valence-electron chi connectivity index (χ2n) is 5.64. The van der Waals surface area contributed by atoms with Gasteiger partial charge in [0.25, 0.3) is 0 Å². The van der Waals surface area contributed by atoms with Gasteiger partial charge in [0.05, 0.1) is 17.1 Å². The van der Waals surface area contributed by atoms with E-state index in [-0.39, 0.29) is 18.0 Å². The predicted octanol–water partition coefficient (Wildman–Crippen LogP) is 1.65. The molecule has 1 fully saturated rings. The summed E-state index contributed by atoms with van der Waals surface area (Å²) in [5.74, 6) is 0.139. The van der Waals surface area contributed by atoms with Gasteiger partial charge in [-0.3, -0.25) is 9.48 Å². The average Bonchev–Trinajstić information content (AvgIpc) is 3.06. The Bertz CT molecular complexity index is 567. The molecule has 3 amide bonds. The molecular formula is C15H25N5O2. The van der Waals surface area contributed by atoms with Crippen molar-refractivity contribution in [2.75, 3.05) is 18.4 Å². The molecule has 1 atom stereocenters. The first-order valence-electron chi connectivity index (χ1n) is 7.85. The molecule has 122 valence electrons. The highest BCUT2D eigenvalue weighted by Gasteiger charge is 2.26. The van der Waals surface area contributed by atoms with Gasteiger partial charge in [-0.2, -0.15) is 5.10 Å². The van der Waals surface area contributed by atoms with Crippen LogP contribution in [-0.4, -0.2) is 45.8 Å². The molecule has 1 aromatic rings. The fourth-order valence-electron chi connectivity index (χ4n) is 2.85. The number of likely N-dealkylation sites (tertiary alicyclic amines) is 1. The highest BCUT2D eigenvalue weighted by atomic mass is 16.2. The summed E-state index contributed by atoms with van der Waals surface area (Å²) in [5.41, 5.74) is 2.52. The molecule has 22 heavy (non-hydrogen) atoms. The summed E-state index contributed by atoms with van der Waals surface area (Å²) in [6, 6.07) is -0.227. The van der Waals surface area contributed by atoms with Crippen molar-refractivity contribution in [3.63, 3.8) is 0 Å². The number of urea groups is 1. The van der Waals surface area contributed by atoms with Gasteiger partial charge in [-0.05, 0) is 27.2 Å². The third-order valence-electron chi connectivity index (χ3n) is 4.10. The van der Waals surface area contributed by atoms with E-state index in [9.17, 15) is 9.59 Å². The number of anilines is 1. The van der Waals surface area contributed by atoms with Crippen molar-refractivity contribution in [1.82, 2.24) is 20.0 Å². The van der Waals surface area contributed by atoms with E-state index in [1.54, 1.807) is 4.90 Å². The Labute approximate surface area is 131 Å². The van der Waals surface area contributed by atoms with E-state index in [1.165, 1.54) is 0 Å². The molecule has 0 saturated carbocycles. The summed E-state index contributed by atoms with van der Waals surface area (Å²) in [6.45, 7) is 9.76. The Morgan fingerprint density at radius 2 is 2.05 bits per heavy atom. The standard InChI is InChI=1S/C15H25N5O2/c1-5-13(21)19-8-7-12(9-19)16-15(22)17-14-10(3)18-20(6-2)11(14)4/h12H,5-9H2,1-4H3,(H2,16,17,22). The molecule has 2 N–H and O–H groups in total. The zero-order chi connectivity index (χ0) is 16.3. The second-order valence-corrected chi connectivity index (χ2v) is 5.64. The fourth-order valence-corrected chi connectivity index (χ4v) is 2.85. The Hall–Kier alpha value is -2.05. The topological polar surface area (TPSA) is 79.3 Å². The van der Waals surface area contributed by atoms with Crippen LogP contribution in [0.3, 0.4) is 0 Å². The molecule has 0 aliphatic carbocycles. The Kier molecular flexibility index (Phi) is 5.05. The van der Waals surface area contributed by atoms with Crippen LogP contribution in [0.4, 0.5) is 10.5 Å². The van der Waals surface area contributed by atoms with E-state index in [1.807, 2.05) is 32.4 Å². The van der Waals surface area contributed by atoms with Crippen molar-refractivity contribution in [1.29, 1.82) is 0 Å². The summed E-state index contributed by atoms with van der Waals surface area (Å²) < 4.78 is 1.86. The lowest BCUT2D eigenvalue weighted by Crippen LogP contribution is -2.40. The number of nitrogens with zero attached hydrogens (tertiary/aromatic N) is 3. The van der Waals surface area contributed by atoms with Crippen molar-refractivity contribution >= 4 is 17.6 Å². The molecule has 7 nitrogen and oxygen atoms in total. The Balaban J connectivity index is 1.92. The van der Waals surface area contributed by atoms with E-state index in [4.69, 9.17) is 0 Å². The highest BCUT2D eigenvalue weighted by molar-refractivity contribution is 5.90. The third-order valence-corrected chi connectivity index (χ3v) is 4.10. The predicted molar refractivity (Wildman–Crippen MR) is 84.8 cm³/mol. The van der Waals surface area contributed by atoms with Crippen LogP contribution in [-0.2, 0) is 11.3 Å². The molecule has 2 heterocycles. The molecule has 1 saturated heterocycles. The summed E-state index contributed by atoms with van der Waals surface area (Å²) in [5, 5.41) is 10.2. The lowest BCUT2D eigenvalue weighted by Gasteiger charge is -2.16. The monoisotopic (exact) mass is 307 g/mol. The number of amides is 3. The smallest absolute Gasteiger partial charge is 0.319 e. The van der Waals surface area contributed by atoms with E-state index in [2.05, 4.69) is 15.7 Å². The van der Waals surface area contributed by atoms with Gasteiger partial charge < -0.3 is 15.5 Å². The molecule has 0 aromatic carbocycles. The number of nitrogens with one attached hydrogen (secondary N) is 2. The van der Waals surface area contributed by atoms with Crippen LogP contribution < -0.4 is 10.6 Å². The van der Waals surface area contributed by atoms with Crippen molar-refractivity contribution in [2.45, 2.75) is 53.1 Å². The minimum absolute atomic E-state index is 0.0114. The zero-order valence-corrected chi connectivity index (χ0v) is 13.8. The first kappa shape index (κ1) is 16.3. The Morgan fingerprint density at radius 1 is 1.32 bits per heavy atom. The molecular weight excluding hydrogens is 282 g/mol. The summed E-state index contributed by atoms with van der Waals surface area (Å²) >= 11 is 0. The number of hydrogen-bond donors (Lipinski definition) is 2. The minimum atomic E-state index is -0.238. The number of carbonyl (C=O) groups is 2. The number of aryl methyl sites for hydroxylation is 2. The van der Waals surface area contributed by atoms with Crippen molar-refractivity contribution in [3.05, 3.63) is 11.4 Å². The van der Waals surface area contributed by atoms with Crippen molar-refractivity contribution in [2.24, 2.45) is 0 Å². The zero-order valence-electron chi connectivity index (χ0n) is 13.8. The van der Waals surface area contributed by atoms with Crippen LogP contribution >= 0.6 is 0 Å². The molecule has 1 aliphatic heterocycles. The molecule has 1 aliphatic rings.